The van der Waals surface area contributed by atoms with Crippen molar-refractivity contribution in [1.82, 2.24) is 19.6 Å². The molecule has 3 heterocycles. The molecular weight excluding hydrogens is 340 g/mol. The lowest BCUT2D eigenvalue weighted by Crippen LogP contribution is -2.48. The molecule has 1 aromatic heterocycles. The van der Waals surface area contributed by atoms with E-state index in [9.17, 15) is 9.59 Å². The zero-order valence-electron chi connectivity index (χ0n) is 16.3. The van der Waals surface area contributed by atoms with Crippen molar-refractivity contribution in [3.8, 4) is 0 Å². The van der Waals surface area contributed by atoms with Gasteiger partial charge in [-0.05, 0) is 50.0 Å². The van der Waals surface area contributed by atoms with E-state index in [1.54, 1.807) is 6.20 Å². The van der Waals surface area contributed by atoms with E-state index < -0.39 is 0 Å². The minimum Gasteiger partial charge on any atom is -0.338 e. The van der Waals surface area contributed by atoms with E-state index in [0.29, 0.717) is 6.42 Å². The molecule has 3 fully saturated rings. The summed E-state index contributed by atoms with van der Waals surface area (Å²) in [7, 11) is 0. The Kier molecular flexibility index (Phi) is 5.50. The van der Waals surface area contributed by atoms with Gasteiger partial charge in [0, 0.05) is 44.5 Å². The smallest absolute Gasteiger partial charge is 0.242 e. The van der Waals surface area contributed by atoms with Crippen molar-refractivity contribution in [1.29, 1.82) is 0 Å². The summed E-state index contributed by atoms with van der Waals surface area (Å²) in [4.78, 5) is 29.5. The van der Waals surface area contributed by atoms with Gasteiger partial charge in [-0.2, -0.15) is 5.10 Å². The van der Waals surface area contributed by atoms with Gasteiger partial charge in [-0.1, -0.05) is 19.3 Å². The summed E-state index contributed by atoms with van der Waals surface area (Å²) in [5.74, 6) is 0.330. The molecule has 4 rings (SSSR count). The van der Waals surface area contributed by atoms with Crippen molar-refractivity contribution in [3.05, 3.63) is 18.5 Å². The average Bonchev–Trinajstić information content (AvgIpc) is 3.29. The van der Waals surface area contributed by atoms with Gasteiger partial charge >= 0.3 is 0 Å². The second-order valence-electron chi connectivity index (χ2n) is 8.78. The molecule has 1 aliphatic carbocycles. The van der Waals surface area contributed by atoms with Crippen LogP contribution in [0.5, 0.6) is 0 Å². The van der Waals surface area contributed by atoms with Gasteiger partial charge in [-0.15, -0.1) is 0 Å². The number of hydrogen-bond donors (Lipinski definition) is 0. The molecule has 3 aliphatic rings. The third-order valence-electron chi connectivity index (χ3n) is 6.84. The van der Waals surface area contributed by atoms with Gasteiger partial charge in [0.2, 0.25) is 11.8 Å². The highest BCUT2D eigenvalue weighted by Gasteiger charge is 2.44. The fraction of sp³-hybridized carbons (Fsp3) is 0.762. The summed E-state index contributed by atoms with van der Waals surface area (Å²) in [6, 6.07) is 2.21. The largest absolute Gasteiger partial charge is 0.338 e. The SMILES string of the molecule is O=C1CC2(CCCCC2)CN1CC(=O)N1CCCCC1CCn1cccn1. The van der Waals surface area contributed by atoms with Gasteiger partial charge < -0.3 is 9.80 Å². The third kappa shape index (κ3) is 4.19. The number of piperidine rings is 1. The summed E-state index contributed by atoms with van der Waals surface area (Å²) in [6.45, 7) is 2.74. The van der Waals surface area contributed by atoms with Gasteiger partial charge in [0.1, 0.15) is 0 Å². The van der Waals surface area contributed by atoms with Gasteiger partial charge in [0.15, 0.2) is 0 Å². The monoisotopic (exact) mass is 372 g/mol. The minimum absolute atomic E-state index is 0.140. The first-order chi connectivity index (χ1) is 13.2. The Morgan fingerprint density at radius 3 is 2.81 bits per heavy atom. The van der Waals surface area contributed by atoms with E-state index in [1.165, 1.54) is 25.7 Å². The molecule has 0 N–H and O–H groups in total. The Bertz CT molecular complexity index is 651. The van der Waals surface area contributed by atoms with E-state index in [-0.39, 0.29) is 29.8 Å². The fourth-order valence-corrected chi connectivity index (χ4v) is 5.36. The summed E-state index contributed by atoms with van der Waals surface area (Å²) < 4.78 is 1.94. The normalized spacial score (nSPS) is 25.3. The van der Waals surface area contributed by atoms with E-state index in [0.717, 1.165) is 51.7 Å². The molecule has 1 aromatic rings. The maximum absolute atomic E-state index is 13.1. The van der Waals surface area contributed by atoms with Crippen LogP contribution in [0.2, 0.25) is 0 Å². The lowest BCUT2D eigenvalue weighted by molar-refractivity contribution is -0.141. The molecule has 2 amide bonds. The van der Waals surface area contributed by atoms with E-state index in [4.69, 9.17) is 0 Å². The van der Waals surface area contributed by atoms with Gasteiger partial charge in [0.05, 0.1) is 6.54 Å². The van der Waals surface area contributed by atoms with Crippen LogP contribution >= 0.6 is 0 Å². The van der Waals surface area contributed by atoms with Crippen molar-refractivity contribution < 1.29 is 9.59 Å². The summed E-state index contributed by atoms with van der Waals surface area (Å²) in [5, 5.41) is 4.27. The second-order valence-corrected chi connectivity index (χ2v) is 8.78. The van der Waals surface area contributed by atoms with E-state index in [2.05, 4.69) is 5.10 Å². The van der Waals surface area contributed by atoms with Crippen LogP contribution in [-0.2, 0) is 16.1 Å². The van der Waals surface area contributed by atoms with Crippen molar-refractivity contribution in [2.24, 2.45) is 5.41 Å². The molecule has 1 saturated carbocycles. The molecule has 6 heteroatoms. The second kappa shape index (κ2) is 8.03. The lowest BCUT2D eigenvalue weighted by atomic mass is 9.73. The Morgan fingerprint density at radius 1 is 1.19 bits per heavy atom. The molecule has 1 unspecified atom stereocenters. The van der Waals surface area contributed by atoms with Crippen molar-refractivity contribution >= 4 is 11.8 Å². The van der Waals surface area contributed by atoms with Crippen LogP contribution in [0, 0.1) is 5.41 Å². The zero-order chi connectivity index (χ0) is 18.7. The highest BCUT2D eigenvalue weighted by molar-refractivity contribution is 5.86. The Balaban J connectivity index is 1.35. The predicted molar refractivity (Wildman–Crippen MR) is 103 cm³/mol. The van der Waals surface area contributed by atoms with Crippen molar-refractivity contribution in [2.75, 3.05) is 19.6 Å². The number of amides is 2. The predicted octanol–water partition coefficient (Wildman–Crippen LogP) is 2.84. The number of hydrogen-bond acceptors (Lipinski definition) is 3. The number of rotatable bonds is 5. The van der Waals surface area contributed by atoms with Crippen LogP contribution < -0.4 is 0 Å². The van der Waals surface area contributed by atoms with Crippen LogP contribution in [-0.4, -0.2) is 57.1 Å². The molecule has 0 bridgehead atoms. The Hall–Kier alpha value is -1.85. The molecule has 2 aliphatic heterocycles. The van der Waals surface area contributed by atoms with Crippen molar-refractivity contribution in [2.45, 2.75) is 76.8 Å². The Labute approximate surface area is 161 Å². The number of carbonyl (C=O) groups is 2. The third-order valence-corrected chi connectivity index (χ3v) is 6.84. The lowest BCUT2D eigenvalue weighted by Gasteiger charge is -2.37. The molecule has 6 nitrogen and oxygen atoms in total. The number of aromatic nitrogens is 2. The summed E-state index contributed by atoms with van der Waals surface area (Å²) in [6.07, 6.45) is 14.7. The van der Waals surface area contributed by atoms with E-state index in [1.807, 2.05) is 26.7 Å². The standard InChI is InChI=1S/C21H32N4O2/c26-19-15-21(9-3-1-4-10-21)17-23(19)16-20(27)25-13-5-2-7-18(25)8-14-24-12-6-11-22-24/h6,11-12,18H,1-5,7-10,13-17H2. The Morgan fingerprint density at radius 2 is 2.04 bits per heavy atom. The van der Waals surface area contributed by atoms with Crippen LogP contribution in [0.25, 0.3) is 0 Å². The van der Waals surface area contributed by atoms with Crippen LogP contribution in [0.3, 0.4) is 0 Å². The quantitative estimate of drug-likeness (QED) is 0.799. The highest BCUT2D eigenvalue weighted by Crippen LogP contribution is 2.44. The van der Waals surface area contributed by atoms with Crippen molar-refractivity contribution in [3.63, 3.8) is 0 Å². The zero-order valence-corrected chi connectivity index (χ0v) is 16.3. The number of aryl methyl sites for hydroxylation is 1. The molecule has 148 valence electrons. The maximum atomic E-state index is 13.1. The van der Waals surface area contributed by atoms with Crippen LogP contribution in [0.4, 0.5) is 0 Å². The first-order valence-corrected chi connectivity index (χ1v) is 10.7. The molecule has 1 spiro atoms. The molecule has 0 radical (unpaired) electrons. The number of nitrogens with zero attached hydrogens (tertiary/aromatic N) is 4. The molecule has 0 aromatic carbocycles. The summed E-state index contributed by atoms with van der Waals surface area (Å²) in [5.41, 5.74) is 0.164. The highest BCUT2D eigenvalue weighted by atomic mass is 16.2. The molecular formula is C21H32N4O2. The number of likely N-dealkylation sites (tertiary alicyclic amines) is 2. The van der Waals surface area contributed by atoms with Gasteiger partial charge in [-0.25, -0.2) is 0 Å². The minimum atomic E-state index is 0.140. The fourth-order valence-electron chi connectivity index (χ4n) is 5.36. The van der Waals surface area contributed by atoms with E-state index >= 15 is 0 Å². The van der Waals surface area contributed by atoms with Crippen LogP contribution in [0.15, 0.2) is 18.5 Å². The summed E-state index contributed by atoms with van der Waals surface area (Å²) >= 11 is 0. The topological polar surface area (TPSA) is 58.4 Å². The average molecular weight is 373 g/mol. The first-order valence-electron chi connectivity index (χ1n) is 10.7. The first kappa shape index (κ1) is 18.5. The molecule has 2 saturated heterocycles. The van der Waals surface area contributed by atoms with Crippen LogP contribution in [0.1, 0.15) is 64.2 Å². The maximum Gasteiger partial charge on any atom is 0.242 e. The number of carbonyl (C=O) groups excluding carboxylic acids is 2. The molecule has 1 atom stereocenters. The van der Waals surface area contributed by atoms with Gasteiger partial charge in [-0.3, -0.25) is 14.3 Å². The van der Waals surface area contributed by atoms with Gasteiger partial charge in [0.25, 0.3) is 0 Å². The molecule has 27 heavy (non-hydrogen) atoms.